The maximum atomic E-state index is 12.4. The lowest BCUT2D eigenvalue weighted by molar-refractivity contribution is -0.153. The zero-order chi connectivity index (χ0) is 18.0. The number of esters is 1. The maximum absolute atomic E-state index is 12.4. The van der Waals surface area contributed by atoms with Gasteiger partial charge in [-0.25, -0.2) is 0 Å². The molecule has 0 N–H and O–H groups in total. The first-order chi connectivity index (χ1) is 11.8. The largest absolute Gasteiger partial charge is 0.457 e. The number of ether oxygens (including phenoxy) is 1. The Morgan fingerprint density at radius 1 is 1.36 bits per heavy atom. The number of carbonyl (C=O) groups is 1. The second-order valence-electron chi connectivity index (χ2n) is 7.98. The van der Waals surface area contributed by atoms with Crippen LogP contribution < -0.4 is 0 Å². The lowest BCUT2D eigenvalue weighted by Gasteiger charge is -2.37. The number of hydrogen-bond donors (Lipinski definition) is 0. The normalized spacial score (nSPS) is 22.6. The summed E-state index contributed by atoms with van der Waals surface area (Å²) in [6.07, 6.45) is 6.32. The smallest absolute Gasteiger partial charge is 0.309 e. The summed E-state index contributed by atoms with van der Waals surface area (Å²) in [5.74, 6) is 1.07. The fourth-order valence-corrected chi connectivity index (χ4v) is 3.88. The molecular weight excluding hydrogens is 318 g/mol. The van der Waals surface area contributed by atoms with Gasteiger partial charge in [0.2, 0.25) is 5.82 Å². The van der Waals surface area contributed by atoms with E-state index in [2.05, 4.69) is 35.9 Å². The Labute approximate surface area is 148 Å². The first-order valence-corrected chi connectivity index (χ1v) is 8.74. The van der Waals surface area contributed by atoms with Crippen molar-refractivity contribution < 1.29 is 14.1 Å². The summed E-state index contributed by atoms with van der Waals surface area (Å²) in [5.41, 5.74) is 1.95. The van der Waals surface area contributed by atoms with E-state index in [0.29, 0.717) is 17.6 Å². The Hall–Kier alpha value is -2.24. The lowest BCUT2D eigenvalue weighted by Crippen LogP contribution is -2.32. The summed E-state index contributed by atoms with van der Waals surface area (Å²) in [6.45, 7) is 8.60. The predicted octanol–water partition coefficient (Wildman–Crippen LogP) is 3.95. The molecule has 0 bridgehead atoms. The van der Waals surface area contributed by atoms with Crippen LogP contribution in [0.1, 0.15) is 51.4 Å². The molecule has 6 heteroatoms. The van der Waals surface area contributed by atoms with Crippen molar-refractivity contribution in [2.24, 2.45) is 17.3 Å². The van der Waals surface area contributed by atoms with Gasteiger partial charge < -0.3 is 9.26 Å². The average molecular weight is 343 g/mol. The molecule has 1 fully saturated rings. The van der Waals surface area contributed by atoms with Gasteiger partial charge in [-0.15, -0.1) is 0 Å². The highest BCUT2D eigenvalue weighted by atomic mass is 16.5. The predicted molar refractivity (Wildman–Crippen MR) is 92.3 cm³/mol. The standard InChI is InChI=1S/C19H25N3O3/c1-12-5-14(8-19(3,4)7-12)18(23)24-11-16-21-17(25-22-16)15-6-13(2)9-20-10-15/h6,9-10,12,14H,5,7-8,11H2,1-4H3/t12-,14+/m1/s1. The molecule has 0 saturated heterocycles. The molecule has 2 aromatic rings. The van der Waals surface area contributed by atoms with Crippen LogP contribution in [-0.4, -0.2) is 21.1 Å². The van der Waals surface area contributed by atoms with Gasteiger partial charge >= 0.3 is 5.97 Å². The van der Waals surface area contributed by atoms with Crippen molar-refractivity contribution >= 4 is 5.97 Å². The van der Waals surface area contributed by atoms with Crippen LogP contribution in [0.15, 0.2) is 23.0 Å². The molecule has 1 aliphatic rings. The molecule has 6 nitrogen and oxygen atoms in total. The van der Waals surface area contributed by atoms with E-state index in [1.165, 1.54) is 0 Å². The molecule has 0 amide bonds. The van der Waals surface area contributed by atoms with Crippen molar-refractivity contribution in [2.75, 3.05) is 0 Å². The van der Waals surface area contributed by atoms with E-state index in [-0.39, 0.29) is 23.9 Å². The number of rotatable bonds is 4. The summed E-state index contributed by atoms with van der Waals surface area (Å²) < 4.78 is 10.7. The Morgan fingerprint density at radius 2 is 2.16 bits per heavy atom. The highest BCUT2D eigenvalue weighted by molar-refractivity contribution is 5.72. The second kappa shape index (κ2) is 6.94. The van der Waals surface area contributed by atoms with Crippen LogP contribution in [0.3, 0.4) is 0 Å². The van der Waals surface area contributed by atoms with E-state index in [0.717, 1.165) is 30.4 Å². The summed E-state index contributed by atoms with van der Waals surface area (Å²) in [7, 11) is 0. The molecule has 0 unspecified atom stereocenters. The molecule has 0 spiro atoms. The number of pyridine rings is 1. The van der Waals surface area contributed by atoms with Gasteiger partial charge in [0.05, 0.1) is 11.5 Å². The Balaban J connectivity index is 1.60. The summed E-state index contributed by atoms with van der Waals surface area (Å²) in [5, 5.41) is 3.89. The first kappa shape index (κ1) is 17.6. The molecule has 134 valence electrons. The van der Waals surface area contributed by atoms with Crippen LogP contribution in [0.5, 0.6) is 0 Å². The molecule has 3 rings (SSSR count). The summed E-state index contributed by atoms with van der Waals surface area (Å²) in [4.78, 5) is 20.8. The van der Waals surface area contributed by atoms with Gasteiger partial charge in [0.1, 0.15) is 0 Å². The first-order valence-electron chi connectivity index (χ1n) is 8.74. The summed E-state index contributed by atoms with van der Waals surface area (Å²) in [6, 6.07) is 1.92. The van der Waals surface area contributed by atoms with Gasteiger partial charge in [-0.3, -0.25) is 9.78 Å². The molecule has 2 atom stereocenters. The van der Waals surface area contributed by atoms with Crippen molar-refractivity contribution in [1.82, 2.24) is 15.1 Å². The van der Waals surface area contributed by atoms with Crippen LogP contribution in [0, 0.1) is 24.2 Å². The SMILES string of the molecule is Cc1cncc(-c2nc(COC(=O)[C@H]3C[C@@H](C)CC(C)(C)C3)no2)c1. The molecule has 1 saturated carbocycles. The van der Waals surface area contributed by atoms with Crippen LogP contribution >= 0.6 is 0 Å². The number of hydrogen-bond acceptors (Lipinski definition) is 6. The molecule has 0 radical (unpaired) electrons. The van der Waals surface area contributed by atoms with Crippen molar-refractivity contribution in [3.8, 4) is 11.5 Å². The van der Waals surface area contributed by atoms with Gasteiger partial charge in [-0.2, -0.15) is 4.98 Å². The molecule has 0 aromatic carbocycles. The third kappa shape index (κ3) is 4.44. The highest BCUT2D eigenvalue weighted by Gasteiger charge is 2.36. The van der Waals surface area contributed by atoms with Gasteiger partial charge in [-0.1, -0.05) is 25.9 Å². The van der Waals surface area contributed by atoms with E-state index in [9.17, 15) is 4.79 Å². The molecule has 2 heterocycles. The fraction of sp³-hybridized carbons (Fsp3) is 0.579. The van der Waals surface area contributed by atoms with Crippen molar-refractivity contribution in [3.05, 3.63) is 29.8 Å². The van der Waals surface area contributed by atoms with Gasteiger partial charge in [-0.05, 0) is 49.1 Å². The van der Waals surface area contributed by atoms with E-state index >= 15 is 0 Å². The third-order valence-electron chi connectivity index (χ3n) is 4.65. The van der Waals surface area contributed by atoms with Gasteiger partial charge in [0.15, 0.2) is 6.61 Å². The lowest BCUT2D eigenvalue weighted by atomic mass is 9.68. The van der Waals surface area contributed by atoms with Crippen molar-refractivity contribution in [3.63, 3.8) is 0 Å². The van der Waals surface area contributed by atoms with E-state index < -0.39 is 0 Å². The van der Waals surface area contributed by atoms with Crippen LogP contribution in [0.2, 0.25) is 0 Å². The van der Waals surface area contributed by atoms with Crippen LogP contribution in [0.25, 0.3) is 11.5 Å². The number of nitrogens with zero attached hydrogens (tertiary/aromatic N) is 3. The summed E-state index contributed by atoms with van der Waals surface area (Å²) >= 11 is 0. The Morgan fingerprint density at radius 3 is 2.88 bits per heavy atom. The van der Waals surface area contributed by atoms with Crippen LogP contribution in [0.4, 0.5) is 0 Å². The van der Waals surface area contributed by atoms with Gasteiger partial charge in [0.25, 0.3) is 5.89 Å². The average Bonchev–Trinajstić information content (AvgIpc) is 2.99. The Kier molecular flexibility index (Phi) is 4.88. The van der Waals surface area contributed by atoms with E-state index in [1.54, 1.807) is 12.4 Å². The zero-order valence-corrected chi connectivity index (χ0v) is 15.3. The third-order valence-corrected chi connectivity index (χ3v) is 4.65. The van der Waals surface area contributed by atoms with Crippen molar-refractivity contribution in [1.29, 1.82) is 0 Å². The number of aromatic nitrogens is 3. The van der Waals surface area contributed by atoms with Gasteiger partial charge in [0, 0.05) is 12.4 Å². The monoisotopic (exact) mass is 343 g/mol. The maximum Gasteiger partial charge on any atom is 0.309 e. The number of carbonyl (C=O) groups excluding carboxylic acids is 1. The minimum absolute atomic E-state index is 0.0346. The quantitative estimate of drug-likeness (QED) is 0.782. The van der Waals surface area contributed by atoms with E-state index in [1.807, 2.05) is 13.0 Å². The topological polar surface area (TPSA) is 78.1 Å². The van der Waals surface area contributed by atoms with E-state index in [4.69, 9.17) is 9.26 Å². The molecular formula is C19H25N3O3. The molecule has 0 aliphatic heterocycles. The minimum atomic E-state index is -0.164. The second-order valence-corrected chi connectivity index (χ2v) is 7.98. The Bertz CT molecular complexity index is 754. The molecule has 1 aliphatic carbocycles. The molecule has 2 aromatic heterocycles. The molecule has 25 heavy (non-hydrogen) atoms. The highest BCUT2D eigenvalue weighted by Crippen LogP contribution is 2.42. The van der Waals surface area contributed by atoms with Crippen molar-refractivity contribution in [2.45, 2.75) is 53.6 Å². The number of aryl methyl sites for hydroxylation is 1. The van der Waals surface area contributed by atoms with Crippen LogP contribution in [-0.2, 0) is 16.1 Å². The minimum Gasteiger partial charge on any atom is -0.457 e. The zero-order valence-electron chi connectivity index (χ0n) is 15.3. The fourth-order valence-electron chi connectivity index (χ4n) is 3.88.